The molecule has 0 N–H and O–H groups in total. The van der Waals surface area contributed by atoms with E-state index < -0.39 is 0 Å². The molecule has 2 aromatic rings. The van der Waals surface area contributed by atoms with E-state index in [0.717, 1.165) is 0 Å². The molecule has 0 atom stereocenters. The molecule has 0 aliphatic rings. The van der Waals surface area contributed by atoms with E-state index in [1.807, 2.05) is 0 Å². The lowest BCUT2D eigenvalue weighted by Gasteiger charge is -2.14. The first kappa shape index (κ1) is 14.8. The molecule has 0 fully saturated rings. The van der Waals surface area contributed by atoms with E-state index in [-0.39, 0.29) is 15.8 Å². The molecule has 6 heteroatoms. The summed E-state index contributed by atoms with van der Waals surface area (Å²) in [5, 5.41) is 12.2. The average Bonchev–Trinajstić information content (AvgIpc) is 2.48. The highest BCUT2D eigenvalue weighted by molar-refractivity contribution is 6.37. The summed E-state index contributed by atoms with van der Waals surface area (Å²) >= 11 is 12.3. The molecular weight excluding hydrogens is 301 g/mol. The SMILES string of the molecule is COc1ccc(Oc2c(Cl)c(C)[n+]([O-])c(C)c2Cl)cc1. The van der Waals surface area contributed by atoms with Gasteiger partial charge in [-0.3, -0.25) is 0 Å². The minimum Gasteiger partial charge on any atom is -0.618 e. The molecule has 0 amide bonds. The molecule has 0 unspecified atom stereocenters. The fourth-order valence-electron chi connectivity index (χ4n) is 1.71. The summed E-state index contributed by atoms with van der Waals surface area (Å²) in [4.78, 5) is 0. The number of rotatable bonds is 3. The third kappa shape index (κ3) is 2.62. The van der Waals surface area contributed by atoms with Crippen LogP contribution < -0.4 is 14.2 Å². The van der Waals surface area contributed by atoms with E-state index >= 15 is 0 Å². The van der Waals surface area contributed by atoms with Crippen molar-refractivity contribution >= 4 is 23.2 Å². The molecule has 1 aromatic heterocycles. The molecule has 0 radical (unpaired) electrons. The largest absolute Gasteiger partial charge is 0.618 e. The lowest BCUT2D eigenvalue weighted by Crippen LogP contribution is -2.34. The van der Waals surface area contributed by atoms with Gasteiger partial charge in [0, 0.05) is 13.8 Å². The van der Waals surface area contributed by atoms with Crippen molar-refractivity contribution in [1.82, 2.24) is 0 Å². The Morgan fingerprint density at radius 3 is 1.85 bits per heavy atom. The number of hydrogen-bond acceptors (Lipinski definition) is 3. The molecule has 1 heterocycles. The Hall–Kier alpha value is -1.65. The summed E-state index contributed by atoms with van der Waals surface area (Å²) in [6, 6.07) is 6.98. The van der Waals surface area contributed by atoms with Gasteiger partial charge in [-0.05, 0) is 24.3 Å². The normalized spacial score (nSPS) is 10.4. The summed E-state index contributed by atoms with van der Waals surface area (Å²) in [5.74, 6) is 1.55. The molecule has 4 nitrogen and oxygen atoms in total. The molecule has 20 heavy (non-hydrogen) atoms. The zero-order chi connectivity index (χ0) is 14.9. The Morgan fingerprint density at radius 1 is 0.950 bits per heavy atom. The third-order valence-electron chi connectivity index (χ3n) is 2.92. The van der Waals surface area contributed by atoms with Gasteiger partial charge in [-0.1, -0.05) is 23.2 Å². The highest BCUT2D eigenvalue weighted by Crippen LogP contribution is 2.38. The Bertz CT molecular complexity index is 613. The first-order chi connectivity index (χ1) is 9.45. The first-order valence-corrected chi connectivity index (χ1v) is 6.61. The van der Waals surface area contributed by atoms with Crippen molar-refractivity contribution in [3.63, 3.8) is 0 Å². The van der Waals surface area contributed by atoms with Crippen LogP contribution in [0.25, 0.3) is 0 Å². The summed E-state index contributed by atoms with van der Waals surface area (Å²) in [6.45, 7) is 3.22. The Morgan fingerprint density at radius 2 is 1.40 bits per heavy atom. The van der Waals surface area contributed by atoms with E-state index in [2.05, 4.69) is 0 Å². The van der Waals surface area contributed by atoms with Crippen LogP contribution in [0.2, 0.25) is 10.0 Å². The summed E-state index contributed by atoms with van der Waals surface area (Å²) in [6.07, 6.45) is 0. The van der Waals surface area contributed by atoms with Gasteiger partial charge in [-0.25, -0.2) is 0 Å². The number of aromatic nitrogens is 1. The molecule has 1 aromatic carbocycles. The number of nitrogens with zero attached hydrogens (tertiary/aromatic N) is 1. The van der Waals surface area contributed by atoms with Crippen molar-refractivity contribution in [2.24, 2.45) is 0 Å². The van der Waals surface area contributed by atoms with Crippen LogP contribution in [-0.2, 0) is 0 Å². The van der Waals surface area contributed by atoms with Gasteiger partial charge >= 0.3 is 0 Å². The highest BCUT2D eigenvalue weighted by Gasteiger charge is 2.23. The number of pyridine rings is 1. The average molecular weight is 314 g/mol. The van der Waals surface area contributed by atoms with Crippen LogP contribution >= 0.6 is 23.2 Å². The Labute approximate surface area is 127 Å². The van der Waals surface area contributed by atoms with Gasteiger partial charge in [0.2, 0.25) is 11.4 Å². The maximum Gasteiger partial charge on any atom is 0.212 e. The third-order valence-corrected chi connectivity index (χ3v) is 3.81. The number of halogens is 2. The first-order valence-electron chi connectivity index (χ1n) is 5.85. The second-order valence-electron chi connectivity index (χ2n) is 4.20. The maximum atomic E-state index is 11.8. The Kier molecular flexibility index (Phi) is 4.26. The molecular formula is C14H13Cl2NO3. The molecule has 0 saturated heterocycles. The second-order valence-corrected chi connectivity index (χ2v) is 4.96. The van der Waals surface area contributed by atoms with E-state index in [9.17, 15) is 5.21 Å². The van der Waals surface area contributed by atoms with Crippen LogP contribution in [0.15, 0.2) is 24.3 Å². The van der Waals surface area contributed by atoms with Gasteiger partial charge in [0.05, 0.1) is 7.11 Å². The van der Waals surface area contributed by atoms with E-state index in [4.69, 9.17) is 32.7 Å². The smallest absolute Gasteiger partial charge is 0.212 e. The lowest BCUT2D eigenvalue weighted by atomic mass is 10.3. The van der Waals surface area contributed by atoms with Gasteiger partial charge < -0.3 is 14.7 Å². The Balaban J connectivity index is 2.42. The topological polar surface area (TPSA) is 45.4 Å². The predicted molar refractivity (Wildman–Crippen MR) is 78.0 cm³/mol. The van der Waals surface area contributed by atoms with Gasteiger partial charge in [-0.2, -0.15) is 4.73 Å². The number of benzene rings is 1. The van der Waals surface area contributed by atoms with Gasteiger partial charge in [-0.15, -0.1) is 0 Å². The lowest BCUT2D eigenvalue weighted by molar-refractivity contribution is -0.618. The van der Waals surface area contributed by atoms with Crippen LogP contribution in [0.1, 0.15) is 11.4 Å². The van der Waals surface area contributed by atoms with E-state index in [0.29, 0.717) is 27.6 Å². The zero-order valence-electron chi connectivity index (χ0n) is 11.2. The fourth-order valence-corrected chi connectivity index (χ4v) is 2.17. The van der Waals surface area contributed by atoms with E-state index in [1.165, 1.54) is 0 Å². The zero-order valence-corrected chi connectivity index (χ0v) is 12.7. The molecule has 0 spiro atoms. The number of methoxy groups -OCH3 is 1. The summed E-state index contributed by atoms with van der Waals surface area (Å²) in [7, 11) is 1.58. The molecule has 0 aliphatic heterocycles. The quantitative estimate of drug-likeness (QED) is 0.634. The monoisotopic (exact) mass is 313 g/mol. The van der Waals surface area contributed by atoms with Gasteiger partial charge in [0.1, 0.15) is 11.5 Å². The van der Waals surface area contributed by atoms with Crippen LogP contribution in [-0.4, -0.2) is 7.11 Å². The fraction of sp³-hybridized carbons (Fsp3) is 0.214. The number of hydrogen-bond donors (Lipinski definition) is 0. The van der Waals surface area contributed by atoms with Crippen LogP contribution in [0, 0.1) is 19.1 Å². The molecule has 2 rings (SSSR count). The van der Waals surface area contributed by atoms with Crippen molar-refractivity contribution in [3.05, 3.63) is 50.9 Å². The van der Waals surface area contributed by atoms with Crippen molar-refractivity contribution in [2.75, 3.05) is 7.11 Å². The van der Waals surface area contributed by atoms with E-state index in [1.54, 1.807) is 45.2 Å². The van der Waals surface area contributed by atoms with Crippen molar-refractivity contribution < 1.29 is 14.2 Å². The minimum atomic E-state index is 0.200. The summed E-state index contributed by atoms with van der Waals surface area (Å²) in [5.41, 5.74) is 0.689. The number of ether oxygens (including phenoxy) is 2. The highest BCUT2D eigenvalue weighted by atomic mass is 35.5. The summed E-state index contributed by atoms with van der Waals surface area (Å²) < 4.78 is 11.4. The van der Waals surface area contributed by atoms with Gasteiger partial charge in [0.15, 0.2) is 15.8 Å². The second kappa shape index (κ2) is 5.77. The predicted octanol–water partition coefficient (Wildman–Crippen LogP) is 4.04. The van der Waals surface area contributed by atoms with Crippen molar-refractivity contribution in [2.45, 2.75) is 13.8 Å². The molecule has 0 aliphatic carbocycles. The van der Waals surface area contributed by atoms with Crippen molar-refractivity contribution in [3.8, 4) is 17.2 Å². The van der Waals surface area contributed by atoms with Crippen molar-refractivity contribution in [1.29, 1.82) is 0 Å². The maximum absolute atomic E-state index is 11.8. The molecule has 106 valence electrons. The minimum absolute atomic E-state index is 0.200. The van der Waals surface area contributed by atoms with Crippen LogP contribution in [0.5, 0.6) is 17.2 Å². The van der Waals surface area contributed by atoms with Crippen LogP contribution in [0.4, 0.5) is 0 Å². The molecule has 0 saturated carbocycles. The molecule has 0 bridgehead atoms. The van der Waals surface area contributed by atoms with Gasteiger partial charge in [0.25, 0.3) is 0 Å². The standard InChI is InChI=1S/C14H13Cl2NO3/c1-8-12(15)14(13(16)9(2)17(8)18)20-11-6-4-10(19-3)5-7-11/h4-7H,1-3H3. The van der Waals surface area contributed by atoms with Crippen LogP contribution in [0.3, 0.4) is 0 Å².